The molecule has 1 aliphatic rings. The van der Waals surface area contributed by atoms with Crippen molar-refractivity contribution in [2.45, 2.75) is 20.0 Å². The van der Waals surface area contributed by atoms with E-state index in [9.17, 15) is 0 Å². The first-order valence-corrected chi connectivity index (χ1v) is 6.47. The molecule has 100 valence electrons. The van der Waals surface area contributed by atoms with Crippen molar-refractivity contribution in [1.82, 2.24) is 15.5 Å². The molecule has 5 heteroatoms. The summed E-state index contributed by atoms with van der Waals surface area (Å²) >= 11 is 0. The molecule has 0 spiro atoms. The van der Waals surface area contributed by atoms with Crippen LogP contribution in [-0.4, -0.2) is 29.8 Å². The van der Waals surface area contributed by atoms with Gasteiger partial charge in [0.1, 0.15) is 6.10 Å². The van der Waals surface area contributed by atoms with Crippen LogP contribution in [-0.2, 0) is 4.74 Å². The molecule has 1 atom stereocenters. The van der Waals surface area contributed by atoms with Crippen LogP contribution in [0.4, 0.5) is 0 Å². The monoisotopic (exact) mass is 259 g/mol. The Kier molecular flexibility index (Phi) is 3.31. The summed E-state index contributed by atoms with van der Waals surface area (Å²) in [6, 6.07) is 6.21. The van der Waals surface area contributed by atoms with Gasteiger partial charge in [0.05, 0.1) is 6.61 Å². The quantitative estimate of drug-likeness (QED) is 0.894. The molecule has 19 heavy (non-hydrogen) atoms. The Morgan fingerprint density at radius 2 is 2.00 bits per heavy atom. The average molecular weight is 259 g/mol. The molecular weight excluding hydrogens is 242 g/mol. The number of nitrogens with zero attached hydrogens (tertiary/aromatic N) is 2. The van der Waals surface area contributed by atoms with E-state index in [1.165, 1.54) is 11.1 Å². The zero-order valence-corrected chi connectivity index (χ0v) is 11.1. The SMILES string of the molecule is Cc1cc(C)cc(-c2nc(C3CNCCO3)no2)c1. The van der Waals surface area contributed by atoms with E-state index in [0.29, 0.717) is 18.3 Å². The molecule has 1 aromatic heterocycles. The van der Waals surface area contributed by atoms with Crippen LogP contribution < -0.4 is 5.32 Å². The van der Waals surface area contributed by atoms with Gasteiger partial charge in [0, 0.05) is 18.7 Å². The van der Waals surface area contributed by atoms with Gasteiger partial charge in [-0.1, -0.05) is 22.3 Å². The van der Waals surface area contributed by atoms with Crippen LogP contribution in [0.2, 0.25) is 0 Å². The molecule has 1 aliphatic heterocycles. The van der Waals surface area contributed by atoms with E-state index in [4.69, 9.17) is 9.26 Å². The van der Waals surface area contributed by atoms with Gasteiger partial charge in [-0.05, 0) is 26.0 Å². The largest absolute Gasteiger partial charge is 0.367 e. The van der Waals surface area contributed by atoms with E-state index in [0.717, 1.165) is 18.7 Å². The minimum Gasteiger partial charge on any atom is -0.367 e. The number of aryl methyl sites for hydroxylation is 2. The number of ether oxygens (including phenoxy) is 1. The van der Waals surface area contributed by atoms with Gasteiger partial charge in [-0.2, -0.15) is 4.98 Å². The summed E-state index contributed by atoms with van der Waals surface area (Å²) in [5, 5.41) is 7.28. The predicted molar refractivity (Wildman–Crippen MR) is 70.8 cm³/mol. The third kappa shape index (κ3) is 2.67. The third-order valence-corrected chi connectivity index (χ3v) is 3.13. The Hall–Kier alpha value is -1.72. The van der Waals surface area contributed by atoms with Gasteiger partial charge in [-0.3, -0.25) is 0 Å². The van der Waals surface area contributed by atoms with Gasteiger partial charge in [-0.15, -0.1) is 0 Å². The van der Waals surface area contributed by atoms with Gasteiger partial charge in [-0.25, -0.2) is 0 Å². The van der Waals surface area contributed by atoms with E-state index >= 15 is 0 Å². The first-order chi connectivity index (χ1) is 9.22. The summed E-state index contributed by atoms with van der Waals surface area (Å²) in [7, 11) is 0. The van der Waals surface area contributed by atoms with Crippen molar-refractivity contribution in [3.63, 3.8) is 0 Å². The maximum absolute atomic E-state index is 5.61. The Morgan fingerprint density at radius 1 is 1.21 bits per heavy atom. The van der Waals surface area contributed by atoms with E-state index in [-0.39, 0.29) is 6.10 Å². The van der Waals surface area contributed by atoms with Crippen LogP contribution in [0, 0.1) is 13.8 Å². The number of hydrogen-bond donors (Lipinski definition) is 1. The van der Waals surface area contributed by atoms with Crippen LogP contribution in [0.3, 0.4) is 0 Å². The summed E-state index contributed by atoms with van der Waals surface area (Å²) in [5.74, 6) is 1.16. The number of aromatic nitrogens is 2. The Labute approximate surface area is 112 Å². The van der Waals surface area contributed by atoms with E-state index < -0.39 is 0 Å². The van der Waals surface area contributed by atoms with E-state index in [2.05, 4.69) is 35.4 Å². The highest BCUT2D eigenvalue weighted by atomic mass is 16.5. The average Bonchev–Trinajstić information content (AvgIpc) is 2.88. The van der Waals surface area contributed by atoms with E-state index in [1.54, 1.807) is 0 Å². The molecule has 0 bridgehead atoms. The lowest BCUT2D eigenvalue weighted by Gasteiger charge is -2.20. The normalized spacial score (nSPS) is 19.6. The second-order valence-electron chi connectivity index (χ2n) is 4.90. The molecule has 5 nitrogen and oxygen atoms in total. The molecule has 1 unspecified atom stereocenters. The van der Waals surface area contributed by atoms with Crippen LogP contribution in [0.5, 0.6) is 0 Å². The first kappa shape index (κ1) is 12.3. The number of morpholine rings is 1. The lowest BCUT2D eigenvalue weighted by Crippen LogP contribution is -2.33. The fraction of sp³-hybridized carbons (Fsp3) is 0.429. The number of rotatable bonds is 2. The fourth-order valence-corrected chi connectivity index (χ4v) is 2.31. The summed E-state index contributed by atoms with van der Waals surface area (Å²) < 4.78 is 11.0. The molecule has 0 radical (unpaired) electrons. The molecule has 2 heterocycles. The first-order valence-electron chi connectivity index (χ1n) is 6.47. The lowest BCUT2D eigenvalue weighted by atomic mass is 10.1. The summed E-state index contributed by atoms with van der Waals surface area (Å²) in [4.78, 5) is 4.44. The number of benzene rings is 1. The van der Waals surface area contributed by atoms with Crippen molar-refractivity contribution >= 4 is 0 Å². The van der Waals surface area contributed by atoms with Crippen molar-refractivity contribution in [2.24, 2.45) is 0 Å². The highest BCUT2D eigenvalue weighted by Crippen LogP contribution is 2.23. The molecule has 1 N–H and O–H groups in total. The van der Waals surface area contributed by atoms with Crippen molar-refractivity contribution in [3.05, 3.63) is 35.2 Å². The molecule has 1 saturated heterocycles. The number of hydrogen-bond acceptors (Lipinski definition) is 5. The molecule has 3 rings (SSSR count). The highest BCUT2D eigenvalue weighted by molar-refractivity contribution is 5.55. The second-order valence-corrected chi connectivity index (χ2v) is 4.90. The Balaban J connectivity index is 1.87. The van der Waals surface area contributed by atoms with Crippen molar-refractivity contribution < 1.29 is 9.26 Å². The molecule has 1 fully saturated rings. The Morgan fingerprint density at radius 3 is 2.68 bits per heavy atom. The maximum Gasteiger partial charge on any atom is 0.258 e. The zero-order valence-electron chi connectivity index (χ0n) is 11.1. The summed E-state index contributed by atoms with van der Waals surface area (Å²) in [6.07, 6.45) is -0.114. The minimum absolute atomic E-state index is 0.114. The minimum atomic E-state index is -0.114. The zero-order chi connectivity index (χ0) is 13.2. The van der Waals surface area contributed by atoms with E-state index in [1.807, 2.05) is 12.1 Å². The predicted octanol–water partition coefficient (Wildman–Crippen LogP) is 2.01. The van der Waals surface area contributed by atoms with Gasteiger partial charge in [0.2, 0.25) is 5.82 Å². The molecular formula is C14H17N3O2. The molecule has 0 amide bonds. The van der Waals surface area contributed by atoms with Crippen molar-refractivity contribution in [3.8, 4) is 11.5 Å². The molecule has 0 aliphatic carbocycles. The van der Waals surface area contributed by atoms with Crippen molar-refractivity contribution in [1.29, 1.82) is 0 Å². The summed E-state index contributed by atoms with van der Waals surface area (Å²) in [6.45, 7) is 6.39. The third-order valence-electron chi connectivity index (χ3n) is 3.13. The van der Waals surface area contributed by atoms with Crippen LogP contribution in [0.1, 0.15) is 23.1 Å². The number of nitrogens with one attached hydrogen (secondary N) is 1. The molecule has 0 saturated carbocycles. The van der Waals surface area contributed by atoms with Crippen LogP contribution >= 0.6 is 0 Å². The van der Waals surface area contributed by atoms with Crippen LogP contribution in [0.15, 0.2) is 22.7 Å². The van der Waals surface area contributed by atoms with Gasteiger partial charge < -0.3 is 14.6 Å². The lowest BCUT2D eigenvalue weighted by molar-refractivity contribution is 0.0208. The second kappa shape index (κ2) is 5.11. The molecule has 1 aromatic carbocycles. The van der Waals surface area contributed by atoms with Crippen LogP contribution in [0.25, 0.3) is 11.5 Å². The smallest absolute Gasteiger partial charge is 0.258 e. The summed E-state index contributed by atoms with van der Waals surface area (Å²) in [5.41, 5.74) is 3.33. The van der Waals surface area contributed by atoms with Gasteiger partial charge in [0.25, 0.3) is 5.89 Å². The Bertz CT molecular complexity index is 554. The maximum atomic E-state index is 5.61. The fourth-order valence-electron chi connectivity index (χ4n) is 2.31. The molecule has 2 aromatic rings. The topological polar surface area (TPSA) is 60.2 Å². The standard InChI is InChI=1S/C14H17N3O2/c1-9-5-10(2)7-11(6-9)14-16-13(17-19-14)12-8-15-3-4-18-12/h5-7,12,15H,3-4,8H2,1-2H3. The highest BCUT2D eigenvalue weighted by Gasteiger charge is 2.21. The van der Waals surface area contributed by atoms with Gasteiger partial charge in [0.15, 0.2) is 0 Å². The van der Waals surface area contributed by atoms with Gasteiger partial charge >= 0.3 is 0 Å². The van der Waals surface area contributed by atoms with Crippen molar-refractivity contribution in [2.75, 3.05) is 19.7 Å².